The van der Waals surface area contributed by atoms with Crippen LogP contribution in [0.1, 0.15) is 24.2 Å². The third-order valence-electron chi connectivity index (χ3n) is 6.75. The number of nitrogens with zero attached hydrogens (tertiary/aromatic N) is 2. The minimum atomic E-state index is -4.05. The minimum absolute atomic E-state index is 0.0373. The van der Waals surface area contributed by atoms with Crippen LogP contribution in [0.15, 0.2) is 71.6 Å². The average molecular weight is 545 g/mol. The first-order valence-electron chi connectivity index (χ1n) is 12.2. The summed E-state index contributed by atoms with van der Waals surface area (Å²) in [4.78, 5) is 14.3. The summed E-state index contributed by atoms with van der Waals surface area (Å²) in [5.74, 6) is -1.90. The van der Waals surface area contributed by atoms with E-state index >= 15 is 0 Å². The van der Waals surface area contributed by atoms with Crippen molar-refractivity contribution >= 4 is 15.9 Å². The van der Waals surface area contributed by atoms with Gasteiger partial charge in [0, 0.05) is 25.6 Å². The quantitative estimate of drug-likeness (QED) is 0.503. The lowest BCUT2D eigenvalue weighted by atomic mass is 10.0. The molecule has 10 heteroatoms. The summed E-state index contributed by atoms with van der Waals surface area (Å²) in [6, 6.07) is 15.4. The summed E-state index contributed by atoms with van der Waals surface area (Å²) in [5.41, 5.74) is 1.20. The molecule has 3 aromatic rings. The Morgan fingerprint density at radius 2 is 1.76 bits per heavy atom. The maximum Gasteiger partial charge on any atom is 0.256 e. The van der Waals surface area contributed by atoms with Crippen LogP contribution >= 0.6 is 0 Å². The van der Waals surface area contributed by atoms with Crippen molar-refractivity contribution in [3.05, 3.63) is 83.9 Å². The lowest BCUT2D eigenvalue weighted by molar-refractivity contribution is 0.0560. The number of hydrogen-bond acceptors (Lipinski definition) is 5. The van der Waals surface area contributed by atoms with Crippen molar-refractivity contribution in [3.8, 4) is 16.9 Å². The maximum absolute atomic E-state index is 14.3. The van der Waals surface area contributed by atoms with Crippen molar-refractivity contribution in [2.45, 2.75) is 30.9 Å². The fourth-order valence-electron chi connectivity index (χ4n) is 4.46. The van der Waals surface area contributed by atoms with E-state index in [0.29, 0.717) is 11.1 Å². The molecular weight excluding hydrogens is 514 g/mol. The average Bonchev–Trinajstić information content (AvgIpc) is 2.90. The largest absolute Gasteiger partial charge is 0.487 e. The fraction of sp³-hybridized carbons (Fsp3) is 0.321. The van der Waals surface area contributed by atoms with Crippen LogP contribution in [-0.4, -0.2) is 67.5 Å². The van der Waals surface area contributed by atoms with Crippen LogP contribution < -0.4 is 4.74 Å². The van der Waals surface area contributed by atoms with Crippen molar-refractivity contribution in [1.29, 1.82) is 0 Å². The normalized spacial score (nSPS) is 19.9. The third kappa shape index (κ3) is 5.57. The van der Waals surface area contributed by atoms with Gasteiger partial charge in [-0.25, -0.2) is 17.2 Å². The van der Waals surface area contributed by atoms with Gasteiger partial charge in [0.1, 0.15) is 28.4 Å². The van der Waals surface area contributed by atoms with E-state index in [1.165, 1.54) is 52.7 Å². The van der Waals surface area contributed by atoms with E-state index in [4.69, 9.17) is 4.74 Å². The number of benzene rings is 3. The van der Waals surface area contributed by atoms with Crippen molar-refractivity contribution in [3.63, 3.8) is 0 Å². The summed E-state index contributed by atoms with van der Waals surface area (Å²) in [5, 5.41) is 9.81. The Morgan fingerprint density at radius 1 is 1.11 bits per heavy atom. The summed E-state index contributed by atoms with van der Waals surface area (Å²) in [6.45, 7) is 3.12. The van der Waals surface area contributed by atoms with Crippen LogP contribution in [0.3, 0.4) is 0 Å². The van der Waals surface area contributed by atoms with E-state index in [2.05, 4.69) is 0 Å². The number of hydrogen-bond donors (Lipinski definition) is 1. The topological polar surface area (TPSA) is 87.2 Å². The standard InChI is InChI=1S/C28H30F2N2O5S/c1-18-15-32(19(2)17-33)38(35,36)27-13-10-21(20-8-11-22(29)12-9-20)14-25(27)37-26(18)16-31(3)28(34)23-6-4-5-7-24(23)30/h4-14,18-19,26,33H,15-17H2,1-3H3/t18-,19+,26+/m1/s1. The molecule has 1 aliphatic rings. The summed E-state index contributed by atoms with van der Waals surface area (Å²) in [7, 11) is -2.52. The van der Waals surface area contributed by atoms with Crippen LogP contribution in [0.5, 0.6) is 5.75 Å². The molecule has 3 aromatic carbocycles. The molecule has 0 bridgehead atoms. The summed E-state index contributed by atoms with van der Waals surface area (Å²) in [6.07, 6.45) is -0.665. The number of carbonyl (C=O) groups excluding carboxylic acids is 1. The molecule has 3 atom stereocenters. The molecule has 0 saturated carbocycles. The lowest BCUT2D eigenvalue weighted by Gasteiger charge is -2.37. The molecule has 1 amide bonds. The maximum atomic E-state index is 14.3. The number of ether oxygens (including phenoxy) is 1. The zero-order valence-corrected chi connectivity index (χ0v) is 22.2. The summed E-state index contributed by atoms with van der Waals surface area (Å²) < 4.78 is 62.6. The van der Waals surface area contributed by atoms with Gasteiger partial charge >= 0.3 is 0 Å². The van der Waals surface area contributed by atoms with E-state index < -0.39 is 45.6 Å². The van der Waals surface area contributed by atoms with Crippen molar-refractivity contribution in [1.82, 2.24) is 9.21 Å². The number of carbonyl (C=O) groups is 1. The van der Waals surface area contributed by atoms with Gasteiger partial charge in [-0.2, -0.15) is 4.31 Å². The molecule has 0 radical (unpaired) electrons. The van der Waals surface area contributed by atoms with E-state index in [0.717, 1.165) is 0 Å². The molecule has 0 aromatic heterocycles. The molecule has 1 heterocycles. The van der Waals surface area contributed by atoms with Crippen molar-refractivity contribution in [2.24, 2.45) is 5.92 Å². The Balaban J connectivity index is 1.75. The van der Waals surface area contributed by atoms with E-state index in [1.54, 1.807) is 44.2 Å². The zero-order valence-electron chi connectivity index (χ0n) is 21.3. The fourth-order valence-corrected chi connectivity index (χ4v) is 6.28. The molecule has 202 valence electrons. The van der Waals surface area contributed by atoms with Gasteiger partial charge in [-0.1, -0.05) is 37.3 Å². The molecular formula is C28H30F2N2O5S. The highest BCUT2D eigenvalue weighted by molar-refractivity contribution is 7.89. The predicted molar refractivity (Wildman–Crippen MR) is 139 cm³/mol. The third-order valence-corrected chi connectivity index (χ3v) is 8.77. The lowest BCUT2D eigenvalue weighted by Crippen LogP contribution is -2.50. The second kappa shape index (κ2) is 11.2. The minimum Gasteiger partial charge on any atom is -0.487 e. The van der Waals surface area contributed by atoms with Crippen LogP contribution in [0.4, 0.5) is 8.78 Å². The van der Waals surface area contributed by atoms with E-state index in [9.17, 15) is 27.1 Å². The molecule has 1 N–H and O–H groups in total. The number of halogens is 2. The number of aliphatic hydroxyl groups excluding tert-OH is 1. The van der Waals surface area contributed by atoms with Crippen LogP contribution in [-0.2, 0) is 10.0 Å². The first kappa shape index (κ1) is 27.7. The highest BCUT2D eigenvalue weighted by Gasteiger charge is 2.38. The number of likely N-dealkylation sites (N-methyl/N-ethyl adjacent to an activating group) is 1. The SMILES string of the molecule is C[C@@H]1CN([C@@H](C)CO)S(=O)(=O)c2ccc(-c3ccc(F)cc3)cc2O[C@H]1CN(C)C(=O)c1ccccc1F. The van der Waals surface area contributed by atoms with Crippen molar-refractivity contribution in [2.75, 3.05) is 26.7 Å². The van der Waals surface area contributed by atoms with Gasteiger partial charge in [0.25, 0.3) is 5.91 Å². The van der Waals surface area contributed by atoms with Gasteiger partial charge < -0.3 is 14.7 Å². The highest BCUT2D eigenvalue weighted by atomic mass is 32.2. The first-order chi connectivity index (χ1) is 18.0. The molecule has 0 aliphatic carbocycles. The van der Waals surface area contributed by atoms with Gasteiger partial charge in [0.15, 0.2) is 0 Å². The smallest absolute Gasteiger partial charge is 0.256 e. The van der Waals surface area contributed by atoms with E-state index in [-0.39, 0.29) is 35.9 Å². The molecule has 7 nitrogen and oxygen atoms in total. The van der Waals surface area contributed by atoms with E-state index in [1.807, 2.05) is 0 Å². The molecule has 1 aliphatic heterocycles. The summed E-state index contributed by atoms with van der Waals surface area (Å²) >= 11 is 0. The molecule has 0 unspecified atom stereocenters. The number of sulfonamides is 1. The Kier molecular flexibility index (Phi) is 8.15. The number of rotatable bonds is 6. The second-order valence-electron chi connectivity index (χ2n) is 9.57. The van der Waals surface area contributed by atoms with Crippen LogP contribution in [0.2, 0.25) is 0 Å². The Hall–Kier alpha value is -3.34. The molecule has 0 saturated heterocycles. The predicted octanol–water partition coefficient (Wildman–Crippen LogP) is 4.17. The van der Waals surface area contributed by atoms with Gasteiger partial charge in [-0.05, 0) is 54.4 Å². The van der Waals surface area contributed by atoms with Crippen LogP contribution in [0.25, 0.3) is 11.1 Å². The van der Waals surface area contributed by atoms with Gasteiger partial charge in [-0.3, -0.25) is 4.79 Å². The number of fused-ring (bicyclic) bond motifs is 1. The second-order valence-corrected chi connectivity index (χ2v) is 11.4. The zero-order chi connectivity index (χ0) is 27.6. The Bertz CT molecular complexity index is 1410. The molecule has 38 heavy (non-hydrogen) atoms. The van der Waals surface area contributed by atoms with Crippen molar-refractivity contribution < 1.29 is 31.8 Å². The van der Waals surface area contributed by atoms with Gasteiger partial charge in [0.05, 0.1) is 18.7 Å². The number of aliphatic hydroxyl groups is 1. The number of amides is 1. The van der Waals surface area contributed by atoms with Crippen LogP contribution in [0, 0.1) is 17.6 Å². The van der Waals surface area contributed by atoms with Gasteiger partial charge in [-0.15, -0.1) is 0 Å². The van der Waals surface area contributed by atoms with Gasteiger partial charge in [0.2, 0.25) is 10.0 Å². The Labute approximate surface area is 221 Å². The first-order valence-corrected chi connectivity index (χ1v) is 13.7. The highest BCUT2D eigenvalue weighted by Crippen LogP contribution is 2.36. The monoisotopic (exact) mass is 544 g/mol. The Morgan fingerprint density at radius 3 is 2.42 bits per heavy atom. The molecule has 0 fully saturated rings. The molecule has 4 rings (SSSR count). The molecule has 0 spiro atoms.